The van der Waals surface area contributed by atoms with Crippen molar-refractivity contribution >= 4 is 17.6 Å². The smallest absolute Gasteiger partial charge is 0.341 e. The van der Waals surface area contributed by atoms with Gasteiger partial charge in [0.2, 0.25) is 0 Å². The number of rotatable bonds is 7. The van der Waals surface area contributed by atoms with Gasteiger partial charge in [0.25, 0.3) is 5.91 Å². The minimum absolute atomic E-state index is 0.0861. The van der Waals surface area contributed by atoms with Crippen LogP contribution in [0.25, 0.3) is 0 Å². The largest absolute Gasteiger partial charge is 0.491 e. The number of benzene rings is 2. The Hall–Kier alpha value is -3.02. The highest BCUT2D eigenvalue weighted by Crippen LogP contribution is 2.27. The highest BCUT2D eigenvalue weighted by molar-refractivity contribution is 6.06. The summed E-state index contributed by atoms with van der Waals surface area (Å²) >= 11 is 0. The summed E-state index contributed by atoms with van der Waals surface area (Å²) in [6.07, 6.45) is 0.0861. The van der Waals surface area contributed by atoms with Gasteiger partial charge in [-0.15, -0.1) is 0 Å². The Bertz CT molecular complexity index is 804. The van der Waals surface area contributed by atoms with E-state index in [1.807, 2.05) is 38.1 Å². The molecule has 2 aromatic carbocycles. The first-order chi connectivity index (χ1) is 12.7. The average molecular weight is 371 g/mol. The molecule has 0 aliphatic heterocycles. The molecule has 0 radical (unpaired) electrons. The number of carbonyl (C=O) groups excluding carboxylic acids is 1. The minimum Gasteiger partial charge on any atom is -0.491 e. The maximum Gasteiger partial charge on any atom is 0.341 e. The van der Waals surface area contributed by atoms with Crippen LogP contribution in [0, 0.1) is 13.8 Å². The van der Waals surface area contributed by atoms with Crippen LogP contribution in [-0.2, 0) is 4.79 Å². The Morgan fingerprint density at radius 3 is 2.11 bits per heavy atom. The third-order valence-electron chi connectivity index (χ3n) is 3.95. The topological polar surface area (TPSA) is 76.1 Å². The number of amides is 1. The number of hydrogen-bond acceptors (Lipinski definition) is 4. The number of carboxylic acids is 1. The summed E-state index contributed by atoms with van der Waals surface area (Å²) in [6, 6.07) is 10.7. The Labute approximate surface area is 159 Å². The summed E-state index contributed by atoms with van der Waals surface area (Å²) in [5, 5.41) is 8.77. The van der Waals surface area contributed by atoms with Crippen LogP contribution in [0.1, 0.15) is 35.3 Å². The van der Waals surface area contributed by atoms with Crippen LogP contribution in [0.4, 0.5) is 5.69 Å². The Balaban J connectivity index is 2.20. The normalized spacial score (nSPS) is 10.6. The molecule has 0 atom stereocenters. The van der Waals surface area contributed by atoms with E-state index in [-0.39, 0.29) is 12.0 Å². The zero-order valence-corrected chi connectivity index (χ0v) is 16.3. The second-order valence-corrected chi connectivity index (χ2v) is 6.65. The fraction of sp³-hybridized carbons (Fsp3) is 0.333. The molecule has 0 bridgehead atoms. The lowest BCUT2D eigenvalue weighted by atomic mass is 10.0. The maximum absolute atomic E-state index is 12.8. The zero-order valence-electron chi connectivity index (χ0n) is 16.3. The molecule has 0 aromatic heterocycles. The quantitative estimate of drug-likeness (QED) is 0.800. The Morgan fingerprint density at radius 2 is 1.63 bits per heavy atom. The van der Waals surface area contributed by atoms with Gasteiger partial charge in [0.15, 0.2) is 6.61 Å². The van der Waals surface area contributed by atoms with Crippen LogP contribution >= 0.6 is 0 Å². The number of hydrogen-bond donors (Lipinski definition) is 1. The van der Waals surface area contributed by atoms with Crippen molar-refractivity contribution in [2.75, 3.05) is 18.6 Å². The first-order valence-corrected chi connectivity index (χ1v) is 8.69. The van der Waals surface area contributed by atoms with E-state index >= 15 is 0 Å². The lowest BCUT2D eigenvalue weighted by molar-refractivity contribution is -0.139. The molecule has 0 saturated heterocycles. The van der Waals surface area contributed by atoms with Crippen molar-refractivity contribution in [1.29, 1.82) is 0 Å². The highest BCUT2D eigenvalue weighted by atomic mass is 16.5. The minimum atomic E-state index is -1.04. The molecule has 0 unspecified atom stereocenters. The summed E-state index contributed by atoms with van der Waals surface area (Å²) in [4.78, 5) is 25.1. The predicted molar refractivity (Wildman–Crippen MR) is 104 cm³/mol. The van der Waals surface area contributed by atoms with Gasteiger partial charge in [-0.25, -0.2) is 4.79 Å². The van der Waals surface area contributed by atoms with E-state index in [0.717, 1.165) is 11.4 Å². The van der Waals surface area contributed by atoms with Crippen molar-refractivity contribution in [3.05, 3.63) is 53.1 Å². The molecule has 6 heteroatoms. The highest BCUT2D eigenvalue weighted by Gasteiger charge is 2.17. The number of aryl methyl sites for hydroxylation is 2. The van der Waals surface area contributed by atoms with Crippen LogP contribution < -0.4 is 14.4 Å². The van der Waals surface area contributed by atoms with Crippen LogP contribution in [-0.4, -0.2) is 36.7 Å². The third-order valence-corrected chi connectivity index (χ3v) is 3.95. The third kappa shape index (κ3) is 5.23. The van der Waals surface area contributed by atoms with Gasteiger partial charge in [-0.2, -0.15) is 0 Å². The van der Waals surface area contributed by atoms with Crippen molar-refractivity contribution in [2.45, 2.75) is 33.8 Å². The number of ether oxygens (including phenoxy) is 2. The number of anilines is 1. The Kier molecular flexibility index (Phi) is 6.45. The summed E-state index contributed by atoms with van der Waals surface area (Å²) in [6.45, 7) is 7.08. The van der Waals surface area contributed by atoms with E-state index in [1.165, 1.54) is 0 Å². The Morgan fingerprint density at radius 1 is 1.07 bits per heavy atom. The molecule has 1 amide bonds. The summed E-state index contributed by atoms with van der Waals surface area (Å²) in [5.41, 5.74) is 2.69. The number of carboxylic acid groups (broad SMARTS) is 1. The molecule has 2 aromatic rings. The number of aliphatic carboxylic acids is 1. The van der Waals surface area contributed by atoms with Gasteiger partial charge >= 0.3 is 5.97 Å². The zero-order chi connectivity index (χ0) is 20.1. The molecule has 0 aliphatic carbocycles. The van der Waals surface area contributed by atoms with Gasteiger partial charge in [-0.05, 0) is 75.2 Å². The molecule has 1 N–H and O–H groups in total. The first kappa shape index (κ1) is 20.3. The van der Waals surface area contributed by atoms with Gasteiger partial charge in [-0.3, -0.25) is 4.79 Å². The lowest BCUT2D eigenvalue weighted by Gasteiger charge is -2.20. The molecule has 2 rings (SSSR count). The molecule has 0 aliphatic rings. The van der Waals surface area contributed by atoms with E-state index < -0.39 is 12.6 Å². The first-order valence-electron chi connectivity index (χ1n) is 8.69. The average Bonchev–Trinajstić information content (AvgIpc) is 2.59. The number of carbonyl (C=O) groups is 2. The second-order valence-electron chi connectivity index (χ2n) is 6.65. The molecule has 6 nitrogen and oxygen atoms in total. The van der Waals surface area contributed by atoms with Crippen molar-refractivity contribution in [1.82, 2.24) is 0 Å². The monoisotopic (exact) mass is 371 g/mol. The van der Waals surface area contributed by atoms with Crippen molar-refractivity contribution < 1.29 is 24.2 Å². The summed E-state index contributed by atoms with van der Waals surface area (Å²) in [5.74, 6) is 0.0371. The van der Waals surface area contributed by atoms with E-state index in [4.69, 9.17) is 14.6 Å². The van der Waals surface area contributed by atoms with Crippen LogP contribution in [0.15, 0.2) is 36.4 Å². The molecular weight excluding hydrogens is 346 g/mol. The van der Waals surface area contributed by atoms with E-state index in [1.54, 1.807) is 37.9 Å². The van der Waals surface area contributed by atoms with Gasteiger partial charge in [0.05, 0.1) is 6.10 Å². The molecule has 0 saturated carbocycles. The molecule has 27 heavy (non-hydrogen) atoms. The van der Waals surface area contributed by atoms with Crippen molar-refractivity contribution in [3.8, 4) is 11.5 Å². The molecule has 0 spiro atoms. The van der Waals surface area contributed by atoms with Crippen molar-refractivity contribution in [3.63, 3.8) is 0 Å². The SMILES string of the molecule is Cc1cc(C(=O)N(C)c2ccc(OC(C)C)cc2)cc(C)c1OCC(=O)O. The molecule has 0 fully saturated rings. The van der Waals surface area contributed by atoms with Crippen LogP contribution in [0.5, 0.6) is 11.5 Å². The lowest BCUT2D eigenvalue weighted by Crippen LogP contribution is -2.26. The summed E-state index contributed by atoms with van der Waals surface area (Å²) < 4.78 is 10.9. The van der Waals surface area contributed by atoms with Crippen molar-refractivity contribution in [2.24, 2.45) is 0 Å². The predicted octanol–water partition coefficient (Wildman–Crippen LogP) is 3.83. The van der Waals surface area contributed by atoms with Gasteiger partial charge in [0, 0.05) is 18.3 Å². The fourth-order valence-electron chi connectivity index (χ4n) is 2.77. The molecule has 144 valence electrons. The van der Waals surface area contributed by atoms with E-state index in [0.29, 0.717) is 22.4 Å². The molecular formula is C21H25NO5. The maximum atomic E-state index is 12.8. The van der Waals surface area contributed by atoms with Gasteiger partial charge in [-0.1, -0.05) is 0 Å². The second kappa shape index (κ2) is 8.58. The fourth-order valence-corrected chi connectivity index (χ4v) is 2.77. The van der Waals surface area contributed by atoms with E-state index in [2.05, 4.69) is 0 Å². The van der Waals surface area contributed by atoms with Crippen LogP contribution in [0.3, 0.4) is 0 Å². The van der Waals surface area contributed by atoms with E-state index in [9.17, 15) is 9.59 Å². The number of nitrogens with zero attached hydrogens (tertiary/aromatic N) is 1. The molecule has 0 heterocycles. The summed E-state index contributed by atoms with van der Waals surface area (Å²) in [7, 11) is 1.71. The van der Waals surface area contributed by atoms with Gasteiger partial charge in [0.1, 0.15) is 11.5 Å². The standard InChI is InChI=1S/C21H25NO5/c1-13(2)27-18-8-6-17(7-9-18)22(5)21(25)16-10-14(3)20(15(4)11-16)26-12-19(23)24/h6-11,13H,12H2,1-5H3,(H,23,24). The van der Waals surface area contributed by atoms with Gasteiger partial charge < -0.3 is 19.5 Å². The van der Waals surface area contributed by atoms with Crippen LogP contribution in [0.2, 0.25) is 0 Å².